The number of allylic oxidation sites excluding steroid dienone is 2. The molecule has 36 heavy (non-hydrogen) atoms. The van der Waals surface area contributed by atoms with E-state index in [1.165, 1.54) is 12.1 Å². The Morgan fingerprint density at radius 2 is 1.78 bits per heavy atom. The number of carbonyl (C=O) groups excluding carboxylic acids is 2. The van der Waals surface area contributed by atoms with Crippen molar-refractivity contribution < 1.29 is 23.5 Å². The molecule has 7 heteroatoms. The van der Waals surface area contributed by atoms with Gasteiger partial charge in [0.2, 0.25) is 0 Å². The Bertz CT molecular complexity index is 1440. The monoisotopic (exact) mass is 503 g/mol. The van der Waals surface area contributed by atoms with Crippen LogP contribution in [0.5, 0.6) is 5.75 Å². The van der Waals surface area contributed by atoms with Crippen LogP contribution >= 0.6 is 11.6 Å². The molecule has 182 valence electrons. The summed E-state index contributed by atoms with van der Waals surface area (Å²) < 4.78 is 24.4. The quantitative estimate of drug-likeness (QED) is 0.406. The number of nitrogens with one attached hydrogen (secondary N) is 1. The van der Waals surface area contributed by atoms with E-state index in [1.54, 1.807) is 50.2 Å². The molecule has 2 aliphatic rings. The molecule has 5 rings (SSSR count). The van der Waals surface area contributed by atoms with Crippen molar-refractivity contribution in [3.8, 4) is 5.75 Å². The second kappa shape index (κ2) is 9.63. The number of hydrogen-bond acceptors (Lipinski definition) is 5. The summed E-state index contributed by atoms with van der Waals surface area (Å²) in [6.45, 7) is 3.96. The number of ketones is 1. The summed E-state index contributed by atoms with van der Waals surface area (Å²) >= 11 is 6.60. The Balaban J connectivity index is 1.53. The maximum absolute atomic E-state index is 13.5. The summed E-state index contributed by atoms with van der Waals surface area (Å²) in [6, 6.07) is 18.6. The molecule has 3 aromatic carbocycles. The number of carbonyl (C=O) groups is 2. The fourth-order valence-electron chi connectivity index (χ4n) is 4.70. The lowest BCUT2D eigenvalue weighted by molar-refractivity contribution is -0.138. The molecule has 1 aliphatic heterocycles. The molecule has 0 spiro atoms. The number of ether oxygens (including phenoxy) is 2. The normalized spacial score (nSPS) is 16.4. The van der Waals surface area contributed by atoms with Crippen molar-refractivity contribution in [3.05, 3.63) is 117 Å². The van der Waals surface area contributed by atoms with Gasteiger partial charge < -0.3 is 14.8 Å². The van der Waals surface area contributed by atoms with E-state index in [4.69, 9.17) is 21.1 Å². The van der Waals surface area contributed by atoms with E-state index in [-0.39, 0.29) is 24.8 Å². The van der Waals surface area contributed by atoms with Crippen molar-refractivity contribution in [2.75, 3.05) is 6.61 Å². The second-order valence-electron chi connectivity index (χ2n) is 8.59. The van der Waals surface area contributed by atoms with E-state index < -0.39 is 11.9 Å². The summed E-state index contributed by atoms with van der Waals surface area (Å²) in [5.74, 6) is -1.17. The van der Waals surface area contributed by atoms with Crippen molar-refractivity contribution in [2.45, 2.75) is 26.4 Å². The predicted octanol–water partition coefficient (Wildman–Crippen LogP) is 6.19. The highest BCUT2D eigenvalue weighted by molar-refractivity contribution is 6.32. The molecule has 1 atom stereocenters. The lowest BCUT2D eigenvalue weighted by atomic mass is 9.80. The zero-order valence-corrected chi connectivity index (χ0v) is 20.5. The second-order valence-corrected chi connectivity index (χ2v) is 8.99. The third-order valence-electron chi connectivity index (χ3n) is 6.34. The lowest BCUT2D eigenvalue weighted by Crippen LogP contribution is -2.29. The molecule has 0 aromatic heterocycles. The van der Waals surface area contributed by atoms with Gasteiger partial charge in [-0.25, -0.2) is 9.18 Å². The maximum Gasteiger partial charge on any atom is 0.336 e. The Kier molecular flexibility index (Phi) is 6.37. The highest BCUT2D eigenvalue weighted by Crippen LogP contribution is 2.47. The average molecular weight is 504 g/mol. The number of benzene rings is 3. The Morgan fingerprint density at radius 3 is 2.47 bits per heavy atom. The minimum absolute atomic E-state index is 0.139. The molecule has 1 N–H and O–H groups in total. The summed E-state index contributed by atoms with van der Waals surface area (Å²) in [6.07, 6.45) is 0. The fourth-order valence-corrected chi connectivity index (χ4v) is 4.94. The van der Waals surface area contributed by atoms with Crippen LogP contribution in [0.2, 0.25) is 5.02 Å². The minimum atomic E-state index is -0.663. The van der Waals surface area contributed by atoms with Crippen LogP contribution in [0.25, 0.3) is 5.70 Å². The highest BCUT2D eigenvalue weighted by atomic mass is 35.5. The highest BCUT2D eigenvalue weighted by Gasteiger charge is 2.43. The van der Waals surface area contributed by atoms with Crippen molar-refractivity contribution in [3.63, 3.8) is 0 Å². The SMILES string of the molecule is CCOC(=O)C1=C(C)NC2=C(C(=O)c3ccccc32)[C@@H]1c1ccc(OCc2ccc(F)cc2)c(Cl)c1. The lowest BCUT2D eigenvalue weighted by Gasteiger charge is -2.29. The molecule has 1 heterocycles. The minimum Gasteiger partial charge on any atom is -0.487 e. The van der Waals surface area contributed by atoms with Crippen molar-refractivity contribution in [2.24, 2.45) is 0 Å². The molecule has 0 fully saturated rings. The summed E-state index contributed by atoms with van der Waals surface area (Å²) in [7, 11) is 0. The van der Waals surface area contributed by atoms with Crippen molar-refractivity contribution >= 4 is 29.1 Å². The van der Waals surface area contributed by atoms with Gasteiger partial charge in [0.1, 0.15) is 18.2 Å². The van der Waals surface area contributed by atoms with Crippen LogP contribution in [0.15, 0.2) is 83.6 Å². The van der Waals surface area contributed by atoms with Gasteiger partial charge in [0.15, 0.2) is 5.78 Å². The van der Waals surface area contributed by atoms with Gasteiger partial charge in [0.05, 0.1) is 22.9 Å². The zero-order valence-electron chi connectivity index (χ0n) is 19.7. The van der Waals surface area contributed by atoms with Crippen LogP contribution < -0.4 is 10.1 Å². The summed E-state index contributed by atoms with van der Waals surface area (Å²) in [5, 5.41) is 3.61. The molecule has 0 saturated heterocycles. The van der Waals surface area contributed by atoms with E-state index >= 15 is 0 Å². The third-order valence-corrected chi connectivity index (χ3v) is 6.64. The van der Waals surface area contributed by atoms with E-state index in [2.05, 4.69) is 5.32 Å². The van der Waals surface area contributed by atoms with Gasteiger partial charge in [-0.1, -0.05) is 54.1 Å². The number of fused-ring (bicyclic) bond motifs is 2. The van der Waals surface area contributed by atoms with E-state index in [0.29, 0.717) is 44.4 Å². The van der Waals surface area contributed by atoms with Gasteiger partial charge in [0, 0.05) is 28.3 Å². The molecule has 0 bridgehead atoms. The van der Waals surface area contributed by atoms with Gasteiger partial charge in [-0.2, -0.15) is 0 Å². The maximum atomic E-state index is 13.5. The van der Waals surface area contributed by atoms with Crippen LogP contribution in [0.4, 0.5) is 4.39 Å². The summed E-state index contributed by atoms with van der Waals surface area (Å²) in [4.78, 5) is 26.6. The number of halogens is 2. The molecule has 1 aliphatic carbocycles. The molecule has 0 saturated carbocycles. The fraction of sp³-hybridized carbons (Fsp3) is 0.172. The van der Waals surface area contributed by atoms with Gasteiger partial charge in [-0.3, -0.25) is 4.79 Å². The largest absolute Gasteiger partial charge is 0.487 e. The van der Waals surface area contributed by atoms with Gasteiger partial charge in [-0.15, -0.1) is 0 Å². The first-order chi connectivity index (χ1) is 17.4. The average Bonchev–Trinajstić information content (AvgIpc) is 3.15. The van der Waals surface area contributed by atoms with Crippen molar-refractivity contribution in [1.29, 1.82) is 0 Å². The number of rotatable bonds is 6. The van der Waals surface area contributed by atoms with Crippen LogP contribution in [-0.4, -0.2) is 18.4 Å². The molecule has 0 unspecified atom stereocenters. The molecule has 0 amide bonds. The van der Waals surface area contributed by atoms with Crippen molar-refractivity contribution in [1.82, 2.24) is 5.32 Å². The number of esters is 1. The smallest absolute Gasteiger partial charge is 0.336 e. The first-order valence-electron chi connectivity index (χ1n) is 11.6. The van der Waals surface area contributed by atoms with Gasteiger partial charge in [0.25, 0.3) is 0 Å². The molecule has 0 radical (unpaired) electrons. The third kappa shape index (κ3) is 4.18. The van der Waals surface area contributed by atoms with Gasteiger partial charge >= 0.3 is 5.97 Å². The topological polar surface area (TPSA) is 64.6 Å². The molecule has 3 aromatic rings. The first kappa shape index (κ1) is 23.8. The molecule has 5 nitrogen and oxygen atoms in total. The first-order valence-corrected chi connectivity index (χ1v) is 12.0. The Morgan fingerprint density at radius 1 is 1.06 bits per heavy atom. The van der Waals surface area contributed by atoms with E-state index in [0.717, 1.165) is 11.1 Å². The standard InChI is InChI=1S/C29H23ClFNO4/c1-3-35-29(34)24-16(2)32-27-20-6-4-5-7-21(20)28(33)26(27)25(24)18-10-13-23(22(30)14-18)36-15-17-8-11-19(31)12-9-17/h4-14,25,32H,3,15H2,1-2H3/t25-/m1/s1. The molecular formula is C29H23ClFNO4. The van der Waals surface area contributed by atoms with E-state index in [1.807, 2.05) is 18.2 Å². The van der Waals surface area contributed by atoms with Crippen LogP contribution in [0.1, 0.15) is 46.8 Å². The summed E-state index contributed by atoms with van der Waals surface area (Å²) in [5.41, 5.74) is 5.02. The molecular weight excluding hydrogens is 481 g/mol. The van der Waals surface area contributed by atoms with Crippen LogP contribution in [-0.2, 0) is 16.1 Å². The zero-order chi connectivity index (χ0) is 25.4. The predicted molar refractivity (Wildman–Crippen MR) is 135 cm³/mol. The van der Waals surface area contributed by atoms with Gasteiger partial charge in [-0.05, 0) is 49.2 Å². The van der Waals surface area contributed by atoms with E-state index in [9.17, 15) is 14.0 Å². The Labute approximate surface area is 213 Å². The number of hydrogen-bond donors (Lipinski definition) is 1. The number of dihydropyridines is 1. The number of Topliss-reactive ketones (excluding diaryl/α,β-unsaturated/α-hetero) is 1. The van der Waals surface area contributed by atoms with Crippen LogP contribution in [0.3, 0.4) is 0 Å². The van der Waals surface area contributed by atoms with Crippen LogP contribution in [0, 0.1) is 5.82 Å². The Hall–Kier alpha value is -3.90.